The zero-order chi connectivity index (χ0) is 4.24. The molecule has 0 aromatic heterocycles. The zero-order valence-corrected chi connectivity index (χ0v) is 3.64. The van der Waals surface area contributed by atoms with Crippen LogP contribution in [0.4, 0.5) is 0 Å². The van der Waals surface area contributed by atoms with Gasteiger partial charge in [0.25, 0.3) is 0 Å². The molecule has 0 aliphatic carbocycles. The van der Waals surface area contributed by atoms with Crippen molar-refractivity contribution < 1.29 is 9.47 Å². The van der Waals surface area contributed by atoms with Gasteiger partial charge in [-0.2, -0.15) is 0 Å². The van der Waals surface area contributed by atoms with Crippen molar-refractivity contribution in [2.24, 2.45) is 0 Å². The fourth-order valence-corrected chi connectivity index (χ4v) is 0.440. The van der Waals surface area contributed by atoms with Crippen molar-refractivity contribution in [1.29, 1.82) is 0 Å². The summed E-state index contributed by atoms with van der Waals surface area (Å²) in [6.45, 7) is 3.11. The summed E-state index contributed by atoms with van der Waals surface area (Å²) in [4.78, 5) is 0. The fraction of sp³-hybridized carbons (Fsp3) is 1.00. The standard InChI is InChI=1S/C4H8O2.Sn.4H/c1-2-6-4-3-5-1;;;;;/h1-4H2;;;;;. The Kier molecular flexibility index (Phi) is 5.37. The van der Waals surface area contributed by atoms with Crippen molar-refractivity contribution in [3.63, 3.8) is 0 Å². The average molecular weight is 211 g/mol. The predicted octanol–water partition coefficient (Wildman–Crippen LogP) is -1.42. The van der Waals surface area contributed by atoms with Crippen LogP contribution < -0.4 is 0 Å². The molecule has 0 amide bonds. The molecule has 3 heteroatoms. The number of ether oxygens (including phenoxy) is 2. The summed E-state index contributed by atoms with van der Waals surface area (Å²) in [7, 11) is 0. The maximum absolute atomic E-state index is 4.94. The second kappa shape index (κ2) is 4.87. The summed E-state index contributed by atoms with van der Waals surface area (Å²) in [5.41, 5.74) is 0. The minimum absolute atomic E-state index is 0. The van der Waals surface area contributed by atoms with Crippen LogP contribution in [0.3, 0.4) is 0 Å². The molecule has 1 rings (SSSR count). The van der Waals surface area contributed by atoms with Crippen LogP contribution in [-0.4, -0.2) is 50.3 Å². The Morgan fingerprint density at radius 3 is 1.14 bits per heavy atom. The molecule has 0 atom stereocenters. The van der Waals surface area contributed by atoms with Gasteiger partial charge in [0.2, 0.25) is 0 Å². The molecule has 1 aliphatic rings. The first-order valence-electron chi connectivity index (χ1n) is 2.15. The summed E-state index contributed by atoms with van der Waals surface area (Å²) in [6, 6.07) is 0. The van der Waals surface area contributed by atoms with E-state index >= 15 is 0 Å². The molecule has 0 bridgehead atoms. The minimum atomic E-state index is 0. The van der Waals surface area contributed by atoms with Gasteiger partial charge in [0, 0.05) is 0 Å². The molecule has 0 unspecified atom stereocenters. The molecule has 1 aliphatic heterocycles. The van der Waals surface area contributed by atoms with Gasteiger partial charge in [-0.1, -0.05) is 0 Å². The topological polar surface area (TPSA) is 18.5 Å². The molecule has 0 aromatic rings. The molecule has 0 saturated carbocycles. The van der Waals surface area contributed by atoms with Gasteiger partial charge in [-0.15, -0.1) is 0 Å². The molecule has 7 heavy (non-hydrogen) atoms. The van der Waals surface area contributed by atoms with Gasteiger partial charge < -0.3 is 9.47 Å². The zero-order valence-electron chi connectivity index (χ0n) is 3.64. The van der Waals surface area contributed by atoms with E-state index in [-0.39, 0.29) is 23.9 Å². The molecule has 1 heterocycles. The first-order chi connectivity index (χ1) is 3.00. The number of hydrogen-bond acceptors (Lipinski definition) is 2. The fourth-order valence-electron chi connectivity index (χ4n) is 0.440. The maximum atomic E-state index is 4.94. The molecule has 0 radical (unpaired) electrons. The van der Waals surface area contributed by atoms with Crippen LogP contribution in [0, 0.1) is 0 Å². The van der Waals surface area contributed by atoms with E-state index < -0.39 is 0 Å². The van der Waals surface area contributed by atoms with Crippen LogP contribution in [0.2, 0.25) is 0 Å². The third-order valence-electron chi connectivity index (χ3n) is 0.744. The van der Waals surface area contributed by atoms with Gasteiger partial charge in [0.15, 0.2) is 0 Å². The normalized spacial score (nSPS) is 20.6. The van der Waals surface area contributed by atoms with E-state index in [1.54, 1.807) is 0 Å². The molecule has 1 fully saturated rings. The van der Waals surface area contributed by atoms with Crippen LogP contribution in [0.25, 0.3) is 0 Å². The quantitative estimate of drug-likeness (QED) is 0.458. The van der Waals surface area contributed by atoms with Gasteiger partial charge in [-0.3, -0.25) is 0 Å². The van der Waals surface area contributed by atoms with E-state index in [1.807, 2.05) is 0 Å². The van der Waals surface area contributed by atoms with Gasteiger partial charge in [-0.05, 0) is 0 Å². The summed E-state index contributed by atoms with van der Waals surface area (Å²) < 4.78 is 9.89. The second-order valence-electron chi connectivity index (χ2n) is 1.22. The summed E-state index contributed by atoms with van der Waals surface area (Å²) >= 11 is 0. The van der Waals surface area contributed by atoms with Gasteiger partial charge in [0.05, 0.1) is 26.4 Å². The summed E-state index contributed by atoms with van der Waals surface area (Å²) in [5.74, 6) is 0. The molecule has 0 spiro atoms. The molecule has 0 N–H and O–H groups in total. The molecule has 0 aromatic carbocycles. The Bertz CT molecular complexity index is 25.2. The Morgan fingerprint density at radius 1 is 0.714 bits per heavy atom. The Balaban J connectivity index is 0.000000360. The van der Waals surface area contributed by atoms with Crippen LogP contribution in [-0.2, 0) is 9.47 Å². The van der Waals surface area contributed by atoms with Crippen LogP contribution in [0.1, 0.15) is 0 Å². The van der Waals surface area contributed by atoms with E-state index in [1.165, 1.54) is 0 Å². The Hall–Kier alpha value is 0.719. The van der Waals surface area contributed by atoms with Crippen molar-refractivity contribution in [3.8, 4) is 0 Å². The van der Waals surface area contributed by atoms with Crippen molar-refractivity contribution >= 4 is 23.9 Å². The second-order valence-corrected chi connectivity index (χ2v) is 1.22. The van der Waals surface area contributed by atoms with Gasteiger partial charge in [-0.25, -0.2) is 0 Å². The van der Waals surface area contributed by atoms with Crippen LogP contribution >= 0.6 is 0 Å². The van der Waals surface area contributed by atoms with E-state index in [0.717, 1.165) is 26.4 Å². The Morgan fingerprint density at radius 2 is 1.00 bits per heavy atom. The van der Waals surface area contributed by atoms with Gasteiger partial charge >= 0.3 is 23.9 Å². The van der Waals surface area contributed by atoms with Crippen LogP contribution in [0.5, 0.6) is 0 Å². The number of rotatable bonds is 0. The monoisotopic (exact) mass is 212 g/mol. The van der Waals surface area contributed by atoms with Crippen molar-refractivity contribution in [2.75, 3.05) is 26.4 Å². The van der Waals surface area contributed by atoms with E-state index in [4.69, 9.17) is 9.47 Å². The third-order valence-corrected chi connectivity index (χ3v) is 0.744. The summed E-state index contributed by atoms with van der Waals surface area (Å²) in [6.07, 6.45) is 0. The molecular formula is C4H12O2Sn. The van der Waals surface area contributed by atoms with E-state index in [2.05, 4.69) is 0 Å². The van der Waals surface area contributed by atoms with Crippen LogP contribution in [0.15, 0.2) is 0 Å². The average Bonchev–Trinajstić information content (AvgIpc) is 1.72. The SMILES string of the molecule is C1COCCO1.[SnH4]. The van der Waals surface area contributed by atoms with Crippen molar-refractivity contribution in [3.05, 3.63) is 0 Å². The Labute approximate surface area is 60.1 Å². The molecule has 2 nitrogen and oxygen atoms in total. The molecule has 44 valence electrons. The van der Waals surface area contributed by atoms with Crippen molar-refractivity contribution in [2.45, 2.75) is 0 Å². The first-order valence-corrected chi connectivity index (χ1v) is 2.15. The van der Waals surface area contributed by atoms with E-state index in [9.17, 15) is 0 Å². The van der Waals surface area contributed by atoms with Gasteiger partial charge in [0.1, 0.15) is 0 Å². The third kappa shape index (κ3) is 3.31. The van der Waals surface area contributed by atoms with E-state index in [0.29, 0.717) is 0 Å². The molecule has 1 saturated heterocycles. The first kappa shape index (κ1) is 7.72. The predicted molar refractivity (Wildman–Crippen MR) is 33.0 cm³/mol. The summed E-state index contributed by atoms with van der Waals surface area (Å²) in [5, 5.41) is 0. The van der Waals surface area contributed by atoms with Crippen molar-refractivity contribution in [1.82, 2.24) is 0 Å². The number of hydrogen-bond donors (Lipinski definition) is 0. The molecular weight excluding hydrogens is 199 g/mol.